The fraction of sp³-hybridized carbons (Fsp3) is 0.562. The van der Waals surface area contributed by atoms with E-state index in [0.717, 1.165) is 32.6 Å². The third-order valence-electron chi connectivity index (χ3n) is 3.89. The van der Waals surface area contributed by atoms with E-state index in [9.17, 15) is 4.79 Å². The number of benzene rings is 1. The molecule has 0 spiro atoms. The molecule has 0 aromatic heterocycles. The lowest BCUT2D eigenvalue weighted by atomic mass is 9.93. The van der Waals surface area contributed by atoms with Gasteiger partial charge in [-0.25, -0.2) is 0 Å². The number of halogens is 1. The molecule has 0 bridgehead atoms. The second kappa shape index (κ2) is 8.28. The van der Waals surface area contributed by atoms with Crippen LogP contribution in [-0.2, 0) is 4.79 Å². The molecule has 1 unspecified atom stereocenters. The molecule has 3 nitrogen and oxygen atoms in total. The Morgan fingerprint density at radius 1 is 1.30 bits per heavy atom. The molecule has 0 radical (unpaired) electrons. The van der Waals surface area contributed by atoms with E-state index in [1.54, 1.807) is 0 Å². The van der Waals surface area contributed by atoms with Crippen molar-refractivity contribution in [3.63, 3.8) is 0 Å². The largest absolute Gasteiger partial charge is 0.341 e. The lowest BCUT2D eigenvalue weighted by molar-refractivity contribution is -0.131. The number of rotatable bonds is 3. The Morgan fingerprint density at radius 3 is 2.80 bits per heavy atom. The molecule has 1 heterocycles. The molecule has 1 aromatic rings. The Bertz CT molecular complexity index is 428. The van der Waals surface area contributed by atoms with Gasteiger partial charge in [0, 0.05) is 26.1 Å². The van der Waals surface area contributed by atoms with Crippen LogP contribution in [-0.4, -0.2) is 37.0 Å². The SMILES string of the molecule is Cc1ccccc1C(C)CC(=O)N1CCCNCC1.Cl. The Kier molecular flexibility index (Phi) is 7.03. The normalized spacial score (nSPS) is 17.0. The van der Waals surface area contributed by atoms with Gasteiger partial charge in [-0.05, 0) is 36.9 Å². The highest BCUT2D eigenvalue weighted by molar-refractivity contribution is 5.85. The summed E-state index contributed by atoms with van der Waals surface area (Å²) in [6.45, 7) is 7.95. The topological polar surface area (TPSA) is 32.3 Å². The first-order chi connectivity index (χ1) is 9.18. The van der Waals surface area contributed by atoms with Crippen LogP contribution in [0.25, 0.3) is 0 Å². The monoisotopic (exact) mass is 296 g/mol. The summed E-state index contributed by atoms with van der Waals surface area (Å²) in [5, 5.41) is 3.33. The van der Waals surface area contributed by atoms with E-state index < -0.39 is 0 Å². The Morgan fingerprint density at radius 2 is 2.05 bits per heavy atom. The van der Waals surface area contributed by atoms with Gasteiger partial charge in [0.1, 0.15) is 0 Å². The van der Waals surface area contributed by atoms with Crippen LogP contribution >= 0.6 is 12.4 Å². The van der Waals surface area contributed by atoms with Crippen molar-refractivity contribution >= 4 is 18.3 Å². The van der Waals surface area contributed by atoms with Crippen LogP contribution in [0.4, 0.5) is 0 Å². The molecule has 1 atom stereocenters. The van der Waals surface area contributed by atoms with Gasteiger partial charge in [-0.1, -0.05) is 31.2 Å². The van der Waals surface area contributed by atoms with Gasteiger partial charge in [-0.3, -0.25) is 4.79 Å². The van der Waals surface area contributed by atoms with Crippen molar-refractivity contribution in [1.82, 2.24) is 10.2 Å². The number of nitrogens with zero attached hydrogens (tertiary/aromatic N) is 1. The van der Waals surface area contributed by atoms with Crippen LogP contribution in [0, 0.1) is 6.92 Å². The highest BCUT2D eigenvalue weighted by Gasteiger charge is 2.19. The average molecular weight is 297 g/mol. The molecule has 1 N–H and O–H groups in total. The van der Waals surface area contributed by atoms with Crippen LogP contribution in [0.3, 0.4) is 0 Å². The fourth-order valence-corrected chi connectivity index (χ4v) is 2.74. The van der Waals surface area contributed by atoms with Gasteiger partial charge in [-0.15, -0.1) is 12.4 Å². The summed E-state index contributed by atoms with van der Waals surface area (Å²) in [5.41, 5.74) is 2.57. The maximum Gasteiger partial charge on any atom is 0.223 e. The molecule has 2 rings (SSSR count). The van der Waals surface area contributed by atoms with Gasteiger partial charge in [0.15, 0.2) is 0 Å². The van der Waals surface area contributed by atoms with E-state index >= 15 is 0 Å². The second-order valence-electron chi connectivity index (χ2n) is 5.45. The van der Waals surface area contributed by atoms with Crippen molar-refractivity contribution in [3.05, 3.63) is 35.4 Å². The highest BCUT2D eigenvalue weighted by atomic mass is 35.5. The summed E-state index contributed by atoms with van der Waals surface area (Å²) in [7, 11) is 0. The van der Waals surface area contributed by atoms with Gasteiger partial charge in [-0.2, -0.15) is 0 Å². The predicted octanol–water partition coefficient (Wildman–Crippen LogP) is 2.73. The van der Waals surface area contributed by atoms with Crippen molar-refractivity contribution < 1.29 is 4.79 Å². The van der Waals surface area contributed by atoms with E-state index in [1.807, 2.05) is 11.0 Å². The van der Waals surface area contributed by atoms with E-state index in [2.05, 4.69) is 37.4 Å². The molecule has 1 aliphatic heterocycles. The fourth-order valence-electron chi connectivity index (χ4n) is 2.74. The van der Waals surface area contributed by atoms with Crippen molar-refractivity contribution in [2.75, 3.05) is 26.2 Å². The van der Waals surface area contributed by atoms with Crippen LogP contribution in [0.5, 0.6) is 0 Å². The minimum absolute atomic E-state index is 0. The van der Waals surface area contributed by atoms with Crippen molar-refractivity contribution in [2.24, 2.45) is 0 Å². The van der Waals surface area contributed by atoms with Crippen molar-refractivity contribution in [1.29, 1.82) is 0 Å². The first-order valence-corrected chi connectivity index (χ1v) is 7.22. The molecule has 1 saturated heterocycles. The maximum absolute atomic E-state index is 12.3. The number of amides is 1. The summed E-state index contributed by atoms with van der Waals surface area (Å²) in [6, 6.07) is 8.36. The average Bonchev–Trinajstić information content (AvgIpc) is 2.68. The summed E-state index contributed by atoms with van der Waals surface area (Å²) < 4.78 is 0. The highest BCUT2D eigenvalue weighted by Crippen LogP contribution is 2.23. The zero-order chi connectivity index (χ0) is 13.7. The van der Waals surface area contributed by atoms with Crippen molar-refractivity contribution in [2.45, 2.75) is 32.6 Å². The maximum atomic E-state index is 12.3. The van der Waals surface area contributed by atoms with E-state index in [1.165, 1.54) is 11.1 Å². The molecule has 1 fully saturated rings. The summed E-state index contributed by atoms with van der Waals surface area (Å²) in [4.78, 5) is 14.4. The van der Waals surface area contributed by atoms with Gasteiger partial charge >= 0.3 is 0 Å². The van der Waals surface area contributed by atoms with Gasteiger partial charge < -0.3 is 10.2 Å². The second-order valence-corrected chi connectivity index (χ2v) is 5.45. The lowest BCUT2D eigenvalue weighted by Gasteiger charge is -2.22. The molecule has 4 heteroatoms. The summed E-state index contributed by atoms with van der Waals surface area (Å²) in [6.07, 6.45) is 1.68. The summed E-state index contributed by atoms with van der Waals surface area (Å²) >= 11 is 0. The molecule has 1 aromatic carbocycles. The number of aryl methyl sites for hydroxylation is 1. The molecule has 0 saturated carbocycles. The number of carbonyl (C=O) groups is 1. The third kappa shape index (κ3) is 4.50. The molecular formula is C16H25ClN2O. The zero-order valence-corrected chi connectivity index (χ0v) is 13.2. The molecule has 0 aliphatic carbocycles. The van der Waals surface area contributed by atoms with E-state index in [4.69, 9.17) is 0 Å². The number of carbonyl (C=O) groups excluding carboxylic acids is 1. The minimum Gasteiger partial charge on any atom is -0.341 e. The number of hydrogen-bond donors (Lipinski definition) is 1. The van der Waals surface area contributed by atoms with Crippen LogP contribution in [0.15, 0.2) is 24.3 Å². The standard InChI is InChI=1S/C16H24N2O.ClH/c1-13-6-3-4-7-15(13)14(2)12-16(19)18-10-5-8-17-9-11-18;/h3-4,6-7,14,17H,5,8-12H2,1-2H3;1H. The third-order valence-corrected chi connectivity index (χ3v) is 3.89. The van der Waals surface area contributed by atoms with Gasteiger partial charge in [0.05, 0.1) is 0 Å². The Hall–Kier alpha value is -1.06. The first-order valence-electron chi connectivity index (χ1n) is 7.22. The van der Waals surface area contributed by atoms with Crippen LogP contribution in [0.1, 0.15) is 36.8 Å². The van der Waals surface area contributed by atoms with Crippen molar-refractivity contribution in [3.8, 4) is 0 Å². The zero-order valence-electron chi connectivity index (χ0n) is 12.4. The van der Waals surface area contributed by atoms with E-state index in [0.29, 0.717) is 18.2 Å². The molecule has 1 aliphatic rings. The Balaban J connectivity index is 0.00000200. The van der Waals surface area contributed by atoms with Crippen LogP contribution < -0.4 is 5.32 Å². The van der Waals surface area contributed by atoms with Crippen LogP contribution in [0.2, 0.25) is 0 Å². The Labute approximate surface area is 128 Å². The van der Waals surface area contributed by atoms with E-state index in [-0.39, 0.29) is 12.4 Å². The number of hydrogen-bond acceptors (Lipinski definition) is 2. The predicted molar refractivity (Wildman–Crippen MR) is 85.5 cm³/mol. The van der Waals surface area contributed by atoms with Gasteiger partial charge in [0.2, 0.25) is 5.91 Å². The lowest BCUT2D eigenvalue weighted by Crippen LogP contribution is -2.34. The number of nitrogens with one attached hydrogen (secondary N) is 1. The molecular weight excluding hydrogens is 272 g/mol. The molecule has 112 valence electrons. The van der Waals surface area contributed by atoms with Gasteiger partial charge in [0.25, 0.3) is 0 Å². The summed E-state index contributed by atoms with van der Waals surface area (Å²) in [5.74, 6) is 0.587. The first kappa shape index (κ1) is 17.0. The molecule has 1 amide bonds. The quantitative estimate of drug-likeness (QED) is 0.930. The smallest absolute Gasteiger partial charge is 0.223 e. The molecule has 20 heavy (non-hydrogen) atoms. The minimum atomic E-state index is 0.